The first kappa shape index (κ1) is 17.3. The number of ether oxygens (including phenoxy) is 1. The molecule has 0 radical (unpaired) electrons. The summed E-state index contributed by atoms with van der Waals surface area (Å²) in [6.07, 6.45) is 1.15. The van der Waals surface area contributed by atoms with Crippen molar-refractivity contribution in [2.24, 2.45) is 0 Å². The van der Waals surface area contributed by atoms with Gasteiger partial charge >= 0.3 is 5.97 Å². The van der Waals surface area contributed by atoms with Crippen molar-refractivity contribution in [1.82, 2.24) is 5.32 Å². The van der Waals surface area contributed by atoms with Crippen LogP contribution in [0.3, 0.4) is 0 Å². The molecule has 1 aromatic rings. The number of aliphatic carboxylic acids is 1. The van der Waals surface area contributed by atoms with Crippen molar-refractivity contribution >= 4 is 11.8 Å². The smallest absolute Gasteiger partial charge is 0.303 e. The lowest BCUT2D eigenvalue weighted by atomic mass is 9.98. The zero-order chi connectivity index (χ0) is 15.7. The van der Waals surface area contributed by atoms with Crippen LogP contribution in [-0.2, 0) is 16.0 Å². The maximum atomic E-state index is 12.5. The summed E-state index contributed by atoms with van der Waals surface area (Å²) in [6, 6.07) is 6.95. The first-order valence-corrected chi connectivity index (χ1v) is 7.15. The summed E-state index contributed by atoms with van der Waals surface area (Å²) in [5, 5.41) is 11.9. The fourth-order valence-corrected chi connectivity index (χ4v) is 2.03. The normalized spacial score (nSPS) is 12.1. The highest BCUT2D eigenvalue weighted by Crippen LogP contribution is 2.11. The third-order valence-electron chi connectivity index (χ3n) is 3.31. The number of methoxy groups -OCH3 is 1. The van der Waals surface area contributed by atoms with E-state index in [1.54, 1.807) is 19.2 Å². The summed E-state index contributed by atoms with van der Waals surface area (Å²) in [5.41, 5.74) is 1.77. The number of carbonyl (C=O) groups excluding carboxylic acids is 1. The predicted octanol–water partition coefficient (Wildman–Crippen LogP) is 1.90. The molecule has 1 unspecified atom stereocenters. The van der Waals surface area contributed by atoms with Crippen molar-refractivity contribution in [3.63, 3.8) is 0 Å². The molecule has 0 aliphatic heterocycles. The predicted molar refractivity (Wildman–Crippen MR) is 80.7 cm³/mol. The lowest BCUT2D eigenvalue weighted by molar-refractivity contribution is -0.137. The van der Waals surface area contributed by atoms with Gasteiger partial charge in [-0.3, -0.25) is 9.59 Å². The summed E-state index contributed by atoms with van der Waals surface area (Å²) in [6.45, 7) is 3.05. The molecular weight excluding hydrogens is 270 g/mol. The molecule has 0 aliphatic rings. The topological polar surface area (TPSA) is 75.6 Å². The molecule has 0 aromatic heterocycles. The van der Waals surface area contributed by atoms with E-state index in [2.05, 4.69) is 12.2 Å². The van der Waals surface area contributed by atoms with Gasteiger partial charge in [-0.25, -0.2) is 0 Å². The van der Waals surface area contributed by atoms with Crippen molar-refractivity contribution in [2.45, 2.75) is 32.2 Å². The Morgan fingerprint density at radius 1 is 1.29 bits per heavy atom. The second-order valence-electron chi connectivity index (χ2n) is 4.85. The number of aryl methyl sites for hydroxylation is 1. The summed E-state index contributed by atoms with van der Waals surface area (Å²) < 4.78 is 4.94. The van der Waals surface area contributed by atoms with Gasteiger partial charge < -0.3 is 15.2 Å². The number of carboxylic acids is 1. The molecule has 0 bridgehead atoms. The Morgan fingerprint density at radius 2 is 1.95 bits per heavy atom. The van der Waals surface area contributed by atoms with Crippen LogP contribution in [0, 0.1) is 0 Å². The second-order valence-corrected chi connectivity index (χ2v) is 4.85. The maximum absolute atomic E-state index is 12.5. The number of ketones is 1. The van der Waals surface area contributed by atoms with Gasteiger partial charge in [0.25, 0.3) is 0 Å². The van der Waals surface area contributed by atoms with Crippen LogP contribution in [0.2, 0.25) is 0 Å². The number of benzene rings is 1. The van der Waals surface area contributed by atoms with Crippen LogP contribution in [0.5, 0.6) is 0 Å². The highest BCUT2D eigenvalue weighted by atomic mass is 16.5. The number of rotatable bonds is 10. The first-order chi connectivity index (χ1) is 10.1. The number of carboxylic acid groups (broad SMARTS) is 1. The largest absolute Gasteiger partial charge is 0.481 e. The van der Waals surface area contributed by atoms with Gasteiger partial charge in [0.15, 0.2) is 5.78 Å². The summed E-state index contributed by atoms with van der Waals surface area (Å²) in [5.74, 6) is -0.974. The molecule has 1 rings (SSSR count). The van der Waals surface area contributed by atoms with E-state index in [0.29, 0.717) is 18.7 Å². The van der Waals surface area contributed by atoms with Crippen molar-refractivity contribution in [3.05, 3.63) is 35.4 Å². The summed E-state index contributed by atoms with van der Waals surface area (Å²) in [7, 11) is 1.58. The zero-order valence-corrected chi connectivity index (χ0v) is 12.6. The van der Waals surface area contributed by atoms with E-state index in [4.69, 9.17) is 9.84 Å². The quantitative estimate of drug-likeness (QED) is 0.509. The fourth-order valence-electron chi connectivity index (χ4n) is 2.03. The molecular formula is C16H23NO4. The van der Waals surface area contributed by atoms with Gasteiger partial charge in [-0.2, -0.15) is 0 Å². The molecule has 0 amide bonds. The Balaban J connectivity index is 2.73. The number of hydrogen-bond acceptors (Lipinski definition) is 4. The van der Waals surface area contributed by atoms with Gasteiger partial charge in [-0.05, 0) is 18.4 Å². The number of hydrogen-bond donors (Lipinski definition) is 2. The summed E-state index contributed by atoms with van der Waals surface area (Å²) >= 11 is 0. The molecule has 0 aliphatic carbocycles. The zero-order valence-electron chi connectivity index (χ0n) is 12.6. The molecule has 1 aromatic carbocycles. The van der Waals surface area contributed by atoms with E-state index in [1.807, 2.05) is 12.1 Å². The van der Waals surface area contributed by atoms with E-state index in [-0.39, 0.29) is 18.6 Å². The Kier molecular flexibility index (Phi) is 7.64. The van der Waals surface area contributed by atoms with Gasteiger partial charge in [0.1, 0.15) is 0 Å². The average Bonchev–Trinajstić information content (AvgIpc) is 2.50. The number of carbonyl (C=O) groups is 2. The van der Waals surface area contributed by atoms with Crippen LogP contribution < -0.4 is 5.32 Å². The van der Waals surface area contributed by atoms with Gasteiger partial charge in [0.05, 0.1) is 12.6 Å². The lowest BCUT2D eigenvalue weighted by Crippen LogP contribution is -2.39. The molecule has 0 fully saturated rings. The monoisotopic (exact) mass is 293 g/mol. The van der Waals surface area contributed by atoms with E-state index < -0.39 is 12.0 Å². The fraction of sp³-hybridized carbons (Fsp3) is 0.500. The van der Waals surface area contributed by atoms with Crippen LogP contribution in [0.25, 0.3) is 0 Å². The van der Waals surface area contributed by atoms with E-state index in [0.717, 1.165) is 6.42 Å². The minimum absolute atomic E-state index is 0.0383. The molecule has 1 atom stereocenters. The minimum atomic E-state index is -0.900. The van der Waals surface area contributed by atoms with Crippen molar-refractivity contribution < 1.29 is 19.4 Å². The Hall–Kier alpha value is -1.72. The van der Waals surface area contributed by atoms with Gasteiger partial charge in [0, 0.05) is 25.6 Å². The highest BCUT2D eigenvalue weighted by molar-refractivity contribution is 6.00. The molecule has 0 saturated heterocycles. The van der Waals surface area contributed by atoms with Gasteiger partial charge in [-0.1, -0.05) is 31.2 Å². The van der Waals surface area contributed by atoms with Crippen LogP contribution in [0.15, 0.2) is 24.3 Å². The minimum Gasteiger partial charge on any atom is -0.481 e. The highest BCUT2D eigenvalue weighted by Gasteiger charge is 2.20. The Bertz CT molecular complexity index is 456. The Morgan fingerprint density at radius 3 is 2.48 bits per heavy atom. The van der Waals surface area contributed by atoms with Crippen LogP contribution in [-0.4, -0.2) is 43.2 Å². The number of nitrogens with one attached hydrogen (secondary N) is 1. The molecule has 5 heteroatoms. The molecule has 21 heavy (non-hydrogen) atoms. The third kappa shape index (κ3) is 6.06. The molecule has 0 spiro atoms. The lowest BCUT2D eigenvalue weighted by Gasteiger charge is -2.17. The Labute approximate surface area is 125 Å². The van der Waals surface area contributed by atoms with E-state index >= 15 is 0 Å². The number of Topliss-reactive ketones (excluding diaryl/α,β-unsaturated/α-hetero) is 1. The van der Waals surface area contributed by atoms with Crippen LogP contribution in [0.4, 0.5) is 0 Å². The van der Waals surface area contributed by atoms with Crippen LogP contribution in [0.1, 0.15) is 35.7 Å². The van der Waals surface area contributed by atoms with Crippen molar-refractivity contribution in [1.29, 1.82) is 0 Å². The molecule has 0 heterocycles. The van der Waals surface area contributed by atoms with Crippen molar-refractivity contribution in [2.75, 3.05) is 20.3 Å². The van der Waals surface area contributed by atoms with E-state index in [9.17, 15) is 9.59 Å². The molecule has 5 nitrogen and oxygen atoms in total. The van der Waals surface area contributed by atoms with Gasteiger partial charge in [-0.15, -0.1) is 0 Å². The SMILES string of the molecule is CCc1ccc(C(=O)C(CCC(=O)O)NCCOC)cc1. The van der Waals surface area contributed by atoms with Gasteiger partial charge in [0.2, 0.25) is 0 Å². The molecule has 0 saturated carbocycles. The van der Waals surface area contributed by atoms with E-state index in [1.165, 1.54) is 5.56 Å². The molecule has 116 valence electrons. The molecule has 2 N–H and O–H groups in total. The van der Waals surface area contributed by atoms with Crippen LogP contribution >= 0.6 is 0 Å². The third-order valence-corrected chi connectivity index (χ3v) is 3.31. The standard InChI is InChI=1S/C16H23NO4/c1-3-12-4-6-13(7-5-12)16(20)14(8-9-15(18)19)17-10-11-21-2/h4-7,14,17H,3,8-11H2,1-2H3,(H,18,19). The first-order valence-electron chi connectivity index (χ1n) is 7.15. The summed E-state index contributed by atoms with van der Waals surface area (Å²) in [4.78, 5) is 23.2. The average molecular weight is 293 g/mol. The second kappa shape index (κ2) is 9.26. The maximum Gasteiger partial charge on any atom is 0.303 e. The van der Waals surface area contributed by atoms with Crippen molar-refractivity contribution in [3.8, 4) is 0 Å².